The Bertz CT molecular complexity index is 469. The molecule has 1 aromatic rings. The summed E-state index contributed by atoms with van der Waals surface area (Å²) < 4.78 is 19.2. The lowest BCUT2D eigenvalue weighted by atomic mass is 9.64. The van der Waals surface area contributed by atoms with Crippen LogP contribution >= 0.6 is 15.9 Å². The zero-order chi connectivity index (χ0) is 12.6. The maximum absolute atomic E-state index is 13.6. The number of carboxylic acids is 1. The Morgan fingerprint density at radius 2 is 2.18 bits per heavy atom. The smallest absolute Gasteiger partial charge is 0.314 e. The van der Waals surface area contributed by atoms with Gasteiger partial charge >= 0.3 is 5.97 Å². The summed E-state index contributed by atoms with van der Waals surface area (Å²) in [6.07, 6.45) is 1.86. The van der Waals surface area contributed by atoms with Crippen molar-refractivity contribution in [2.75, 3.05) is 7.11 Å². The highest BCUT2D eigenvalue weighted by atomic mass is 79.9. The number of rotatable bonds is 3. The zero-order valence-electron chi connectivity index (χ0n) is 9.30. The first kappa shape index (κ1) is 12.4. The van der Waals surface area contributed by atoms with Gasteiger partial charge in [0.2, 0.25) is 0 Å². The predicted molar refractivity (Wildman–Crippen MR) is 63.8 cm³/mol. The van der Waals surface area contributed by atoms with Crippen LogP contribution in [0.3, 0.4) is 0 Å². The summed E-state index contributed by atoms with van der Waals surface area (Å²) in [7, 11) is 1.35. The Labute approximate surface area is 107 Å². The van der Waals surface area contributed by atoms with Gasteiger partial charge in [-0.05, 0) is 25.0 Å². The maximum atomic E-state index is 13.6. The second-order valence-corrected chi connectivity index (χ2v) is 5.03. The summed E-state index contributed by atoms with van der Waals surface area (Å²) in [5.41, 5.74) is -0.592. The minimum atomic E-state index is -1.01. The molecule has 0 spiro atoms. The Morgan fingerprint density at radius 3 is 2.59 bits per heavy atom. The molecule has 0 atom stereocenters. The largest absolute Gasteiger partial charge is 0.493 e. The standard InChI is InChI=1S/C12H12BrFO3/c1-17-10-8(14)4-3-7(13)9(10)12(11(15)16)5-2-6-12/h3-4H,2,5-6H2,1H3,(H,15,16). The Morgan fingerprint density at radius 1 is 1.53 bits per heavy atom. The number of aliphatic carboxylic acids is 1. The molecule has 17 heavy (non-hydrogen) atoms. The maximum Gasteiger partial charge on any atom is 0.314 e. The van der Waals surface area contributed by atoms with Gasteiger partial charge in [0.05, 0.1) is 12.5 Å². The molecule has 92 valence electrons. The van der Waals surface area contributed by atoms with Crippen LogP contribution < -0.4 is 4.74 Å². The molecule has 0 unspecified atom stereocenters. The molecule has 2 rings (SSSR count). The highest BCUT2D eigenvalue weighted by Gasteiger charge is 2.49. The van der Waals surface area contributed by atoms with E-state index in [0.29, 0.717) is 22.9 Å². The number of benzene rings is 1. The number of halogens is 2. The second kappa shape index (κ2) is 4.29. The van der Waals surface area contributed by atoms with E-state index in [1.54, 1.807) is 0 Å². The van der Waals surface area contributed by atoms with Crippen molar-refractivity contribution in [3.63, 3.8) is 0 Å². The average Bonchev–Trinajstić information content (AvgIpc) is 2.21. The number of methoxy groups -OCH3 is 1. The van der Waals surface area contributed by atoms with Crippen molar-refractivity contribution >= 4 is 21.9 Å². The quantitative estimate of drug-likeness (QED) is 0.933. The molecule has 1 aliphatic rings. The van der Waals surface area contributed by atoms with Crippen LogP contribution in [0.2, 0.25) is 0 Å². The monoisotopic (exact) mass is 302 g/mol. The van der Waals surface area contributed by atoms with Crippen LogP contribution in [-0.4, -0.2) is 18.2 Å². The molecule has 0 radical (unpaired) electrons. The van der Waals surface area contributed by atoms with Crippen molar-refractivity contribution in [1.29, 1.82) is 0 Å². The van der Waals surface area contributed by atoms with Crippen molar-refractivity contribution in [2.24, 2.45) is 0 Å². The van der Waals surface area contributed by atoms with Gasteiger partial charge in [-0.2, -0.15) is 0 Å². The molecule has 3 nitrogen and oxygen atoms in total. The van der Waals surface area contributed by atoms with Gasteiger partial charge in [0.15, 0.2) is 11.6 Å². The summed E-state index contributed by atoms with van der Waals surface area (Å²) in [6, 6.07) is 2.79. The van der Waals surface area contributed by atoms with Gasteiger partial charge in [0.25, 0.3) is 0 Å². The topological polar surface area (TPSA) is 46.5 Å². The summed E-state index contributed by atoms with van der Waals surface area (Å²) in [4.78, 5) is 11.4. The van der Waals surface area contributed by atoms with E-state index in [1.807, 2.05) is 0 Å². The van der Waals surface area contributed by atoms with E-state index >= 15 is 0 Å². The van der Waals surface area contributed by atoms with Crippen LogP contribution in [0.5, 0.6) is 5.75 Å². The third kappa shape index (κ3) is 1.73. The molecule has 0 amide bonds. The van der Waals surface area contributed by atoms with E-state index in [0.717, 1.165) is 6.42 Å². The van der Waals surface area contributed by atoms with Crippen LogP contribution in [0.1, 0.15) is 24.8 Å². The van der Waals surface area contributed by atoms with Crippen LogP contribution in [-0.2, 0) is 10.2 Å². The third-order valence-corrected chi connectivity index (χ3v) is 4.02. The highest BCUT2D eigenvalue weighted by Crippen LogP contribution is 2.50. The first-order chi connectivity index (χ1) is 8.03. The zero-order valence-corrected chi connectivity index (χ0v) is 10.9. The molecule has 1 saturated carbocycles. The Kier molecular flexibility index (Phi) is 3.12. The summed E-state index contributed by atoms with van der Waals surface area (Å²) in [6.45, 7) is 0. The molecule has 1 aliphatic carbocycles. The molecule has 1 N–H and O–H groups in total. The van der Waals surface area contributed by atoms with Crippen LogP contribution in [0.15, 0.2) is 16.6 Å². The molecular weight excluding hydrogens is 291 g/mol. The molecule has 0 saturated heterocycles. The number of carboxylic acid groups (broad SMARTS) is 1. The van der Waals surface area contributed by atoms with Gasteiger partial charge in [-0.1, -0.05) is 22.4 Å². The second-order valence-electron chi connectivity index (χ2n) is 4.18. The van der Waals surface area contributed by atoms with E-state index < -0.39 is 17.2 Å². The first-order valence-electron chi connectivity index (χ1n) is 5.29. The Balaban J connectivity index is 2.65. The predicted octanol–water partition coefficient (Wildman–Crippen LogP) is 3.10. The number of hydrogen-bond acceptors (Lipinski definition) is 2. The fraction of sp³-hybridized carbons (Fsp3) is 0.417. The molecule has 0 heterocycles. The van der Waals surface area contributed by atoms with E-state index in [1.165, 1.54) is 19.2 Å². The molecule has 0 aromatic heterocycles. The lowest BCUT2D eigenvalue weighted by molar-refractivity contribution is -0.147. The Hall–Kier alpha value is -1.10. The van der Waals surface area contributed by atoms with Crippen molar-refractivity contribution < 1.29 is 19.0 Å². The van der Waals surface area contributed by atoms with Crippen LogP contribution in [0.25, 0.3) is 0 Å². The molecule has 1 aromatic carbocycles. The van der Waals surface area contributed by atoms with Crippen molar-refractivity contribution in [2.45, 2.75) is 24.7 Å². The van der Waals surface area contributed by atoms with Crippen molar-refractivity contribution in [1.82, 2.24) is 0 Å². The molecule has 1 fully saturated rings. The molecule has 0 aliphatic heterocycles. The van der Waals surface area contributed by atoms with Gasteiger partial charge in [0, 0.05) is 10.0 Å². The highest BCUT2D eigenvalue weighted by molar-refractivity contribution is 9.10. The number of ether oxygens (including phenoxy) is 1. The van der Waals surface area contributed by atoms with E-state index in [-0.39, 0.29) is 5.75 Å². The fourth-order valence-electron chi connectivity index (χ4n) is 2.28. The van der Waals surface area contributed by atoms with E-state index in [4.69, 9.17) is 4.74 Å². The number of hydrogen-bond donors (Lipinski definition) is 1. The SMILES string of the molecule is COc1c(F)ccc(Br)c1C1(C(=O)O)CCC1. The normalized spacial score (nSPS) is 17.4. The molecule has 0 bridgehead atoms. The van der Waals surface area contributed by atoms with Gasteiger partial charge < -0.3 is 9.84 Å². The van der Waals surface area contributed by atoms with E-state index in [2.05, 4.69) is 15.9 Å². The van der Waals surface area contributed by atoms with Crippen molar-refractivity contribution in [3.8, 4) is 5.75 Å². The third-order valence-electron chi connectivity index (χ3n) is 3.36. The summed E-state index contributed by atoms with van der Waals surface area (Å²) >= 11 is 3.29. The minimum absolute atomic E-state index is 0.0291. The minimum Gasteiger partial charge on any atom is -0.493 e. The van der Waals surface area contributed by atoms with Crippen LogP contribution in [0, 0.1) is 5.82 Å². The number of carbonyl (C=O) groups is 1. The van der Waals surface area contributed by atoms with Crippen LogP contribution in [0.4, 0.5) is 4.39 Å². The van der Waals surface area contributed by atoms with E-state index in [9.17, 15) is 14.3 Å². The van der Waals surface area contributed by atoms with Gasteiger partial charge in [-0.15, -0.1) is 0 Å². The van der Waals surface area contributed by atoms with Gasteiger partial charge in [-0.3, -0.25) is 4.79 Å². The first-order valence-corrected chi connectivity index (χ1v) is 6.08. The summed E-state index contributed by atoms with van der Waals surface area (Å²) in [5.74, 6) is -1.42. The van der Waals surface area contributed by atoms with Gasteiger partial charge in [0.1, 0.15) is 0 Å². The molecule has 5 heteroatoms. The van der Waals surface area contributed by atoms with Crippen molar-refractivity contribution in [3.05, 3.63) is 28.0 Å². The summed E-state index contributed by atoms with van der Waals surface area (Å²) in [5, 5.41) is 9.37. The fourth-order valence-corrected chi connectivity index (χ4v) is 2.97. The lowest BCUT2D eigenvalue weighted by Gasteiger charge is -2.39. The average molecular weight is 303 g/mol. The lowest BCUT2D eigenvalue weighted by Crippen LogP contribution is -2.43. The molecular formula is C12H12BrFO3. The van der Waals surface area contributed by atoms with Gasteiger partial charge in [-0.25, -0.2) is 4.39 Å².